The lowest BCUT2D eigenvalue weighted by molar-refractivity contribution is 0.359. The summed E-state index contributed by atoms with van der Waals surface area (Å²) in [6.07, 6.45) is 0. The molecule has 0 saturated carbocycles. The second kappa shape index (κ2) is 14.9. The molecule has 0 amide bonds. The normalized spacial score (nSPS) is 12.8. The highest BCUT2D eigenvalue weighted by Gasteiger charge is 2.31. The minimum absolute atomic E-state index is 0.603. The van der Waals surface area contributed by atoms with E-state index in [4.69, 9.17) is 18.9 Å². The molecule has 9 heteroatoms. The van der Waals surface area contributed by atoms with E-state index in [2.05, 4.69) is 138 Å². The Balaban J connectivity index is 1.08. The van der Waals surface area contributed by atoms with Crippen LogP contribution in [0.1, 0.15) is 5.56 Å². The zero-order valence-corrected chi connectivity index (χ0v) is 36.6. The Morgan fingerprint density at radius 2 is 0.906 bits per heavy atom. The van der Waals surface area contributed by atoms with Crippen LogP contribution >= 0.6 is 34.9 Å². The zero-order chi connectivity index (χ0) is 42.3. The van der Waals surface area contributed by atoms with Gasteiger partial charge >= 0.3 is 0 Å². The van der Waals surface area contributed by atoms with Crippen LogP contribution < -0.4 is 28.7 Å². The van der Waals surface area contributed by atoms with Crippen molar-refractivity contribution in [2.45, 2.75) is 26.5 Å². The van der Waals surface area contributed by atoms with Crippen LogP contribution in [-0.4, -0.2) is 0 Å². The second-order valence-electron chi connectivity index (χ2n) is 15.8. The van der Waals surface area contributed by atoms with Crippen molar-refractivity contribution in [3.8, 4) is 46.0 Å². The summed E-state index contributed by atoms with van der Waals surface area (Å²) in [7, 11) is 0. The first-order valence-corrected chi connectivity index (χ1v) is 23.4. The topological polar surface area (TPSA) is 43.4 Å². The fraction of sp³-hybridized carbons (Fsp3) is 0.0182. The first-order valence-electron chi connectivity index (χ1n) is 21.0. The first-order chi connectivity index (χ1) is 31.6. The number of thiophene rings is 1. The molecule has 0 radical (unpaired) electrons. The minimum Gasteiger partial charge on any atom is -0.450 e. The minimum atomic E-state index is 0.603. The number of hydrogen-bond acceptors (Lipinski definition) is 9. The van der Waals surface area contributed by atoms with Gasteiger partial charge in [0.1, 0.15) is 0 Å². The lowest BCUT2D eigenvalue weighted by Crippen LogP contribution is -2.18. The largest absolute Gasteiger partial charge is 0.450 e. The van der Waals surface area contributed by atoms with Gasteiger partial charge in [-0.15, -0.1) is 11.3 Å². The standard InChI is InChI=1S/C55H34N2O4S3/c1-33-21-23-34(24-22-33)56(36-26-28-52-54(30-36)64-51-20-9-8-19-50(51)63-52)40-31-38-37-11-2-7-18-49(37)62-53(38)32-41(40)57(35-25-27-46-48(29-35)60-43-14-4-3-13-42(43)58-46)39-12-10-17-47-55(39)61-45-16-6-5-15-44(45)59-47/h2-32H,1H3. The van der Waals surface area contributed by atoms with Crippen LogP contribution in [0, 0.1) is 6.92 Å². The van der Waals surface area contributed by atoms with E-state index < -0.39 is 0 Å². The summed E-state index contributed by atoms with van der Waals surface area (Å²) in [5.74, 6) is 5.12. The second-order valence-corrected chi connectivity index (χ2v) is 19.0. The van der Waals surface area contributed by atoms with Gasteiger partial charge < -0.3 is 28.7 Å². The van der Waals surface area contributed by atoms with Crippen molar-refractivity contribution in [1.82, 2.24) is 0 Å². The molecule has 0 unspecified atom stereocenters. The van der Waals surface area contributed by atoms with E-state index in [1.807, 2.05) is 90.3 Å². The van der Waals surface area contributed by atoms with Gasteiger partial charge in [-0.25, -0.2) is 0 Å². The Morgan fingerprint density at radius 3 is 1.69 bits per heavy atom. The van der Waals surface area contributed by atoms with Crippen LogP contribution in [0.15, 0.2) is 208 Å². The molecule has 4 heterocycles. The summed E-state index contributed by atoms with van der Waals surface area (Å²) in [6, 6.07) is 65.5. The summed E-state index contributed by atoms with van der Waals surface area (Å²) in [4.78, 5) is 9.67. The van der Waals surface area contributed by atoms with Gasteiger partial charge in [-0.2, -0.15) is 0 Å². The molecule has 13 rings (SSSR count). The molecule has 0 saturated heterocycles. The molecule has 10 aromatic rings. The summed E-state index contributed by atoms with van der Waals surface area (Å²) >= 11 is 5.44. The maximum Gasteiger partial charge on any atom is 0.194 e. The van der Waals surface area contributed by atoms with E-state index >= 15 is 0 Å². The van der Waals surface area contributed by atoms with E-state index in [-0.39, 0.29) is 0 Å². The number of para-hydroxylation sites is 5. The Bertz CT molecular complexity index is 3510. The number of ether oxygens (including phenoxy) is 4. The van der Waals surface area contributed by atoms with Crippen LogP contribution in [0.2, 0.25) is 0 Å². The van der Waals surface area contributed by atoms with Gasteiger partial charge in [0.05, 0.1) is 22.7 Å². The predicted octanol–water partition coefficient (Wildman–Crippen LogP) is 17.7. The Labute approximate surface area is 381 Å². The van der Waals surface area contributed by atoms with Crippen molar-refractivity contribution in [3.63, 3.8) is 0 Å². The number of nitrogens with zero attached hydrogens (tertiary/aromatic N) is 2. The maximum absolute atomic E-state index is 6.86. The molecule has 6 nitrogen and oxygen atoms in total. The molecule has 64 heavy (non-hydrogen) atoms. The molecule has 0 atom stereocenters. The molecule has 1 aromatic heterocycles. The van der Waals surface area contributed by atoms with Crippen LogP contribution in [-0.2, 0) is 0 Å². The highest BCUT2D eigenvalue weighted by molar-refractivity contribution is 8.05. The lowest BCUT2D eigenvalue weighted by Gasteiger charge is -2.35. The van der Waals surface area contributed by atoms with E-state index in [0.717, 1.165) is 38.8 Å². The molecule has 0 aliphatic carbocycles. The van der Waals surface area contributed by atoms with Gasteiger partial charge in [0.25, 0.3) is 0 Å². The first kappa shape index (κ1) is 37.3. The van der Waals surface area contributed by atoms with Gasteiger partial charge in [-0.05, 0) is 116 Å². The van der Waals surface area contributed by atoms with E-state index in [0.29, 0.717) is 46.0 Å². The van der Waals surface area contributed by atoms with Crippen molar-refractivity contribution >= 4 is 89.2 Å². The molecule has 0 N–H and O–H groups in total. The Kier molecular flexibility index (Phi) is 8.69. The molecule has 0 fully saturated rings. The number of fused-ring (bicyclic) bond motifs is 9. The summed E-state index contributed by atoms with van der Waals surface area (Å²) in [5, 5.41) is 2.39. The number of anilines is 6. The monoisotopic (exact) mass is 882 g/mol. The van der Waals surface area contributed by atoms with E-state index in [9.17, 15) is 0 Å². The van der Waals surface area contributed by atoms with E-state index in [1.54, 1.807) is 11.3 Å². The number of rotatable bonds is 6. The highest BCUT2D eigenvalue weighted by atomic mass is 32.2. The lowest BCUT2D eigenvalue weighted by atomic mass is 10.1. The molecule has 9 aromatic carbocycles. The number of hydrogen-bond donors (Lipinski definition) is 0. The summed E-state index contributed by atoms with van der Waals surface area (Å²) in [5.41, 5.74) is 6.80. The van der Waals surface area contributed by atoms with Gasteiger partial charge in [0.15, 0.2) is 46.0 Å². The molecule has 0 spiro atoms. The average Bonchev–Trinajstić information content (AvgIpc) is 3.70. The fourth-order valence-corrected chi connectivity index (χ4v) is 12.0. The summed E-state index contributed by atoms with van der Waals surface area (Å²) in [6.45, 7) is 2.13. The SMILES string of the molecule is Cc1ccc(N(c2ccc3c(c2)Sc2ccccc2S3)c2cc3c(cc2N(c2ccc4c(c2)Oc2ccccc2O4)c2cccc4c2Oc2ccccc2O4)sc2ccccc23)cc1. The smallest absolute Gasteiger partial charge is 0.194 e. The van der Waals surface area contributed by atoms with Crippen molar-refractivity contribution in [1.29, 1.82) is 0 Å². The Hall–Kier alpha value is -7.30. The van der Waals surface area contributed by atoms with Crippen LogP contribution in [0.25, 0.3) is 20.2 Å². The number of benzene rings is 9. The highest BCUT2D eigenvalue weighted by Crippen LogP contribution is 2.58. The van der Waals surface area contributed by atoms with Gasteiger partial charge in [-0.1, -0.05) is 102 Å². The Morgan fingerprint density at radius 1 is 0.344 bits per heavy atom. The van der Waals surface area contributed by atoms with Crippen LogP contribution in [0.5, 0.6) is 46.0 Å². The van der Waals surface area contributed by atoms with E-state index in [1.165, 1.54) is 40.6 Å². The third-order valence-corrected chi connectivity index (χ3v) is 15.4. The quantitative estimate of drug-likeness (QED) is 0.164. The van der Waals surface area contributed by atoms with Crippen LogP contribution in [0.4, 0.5) is 34.1 Å². The molecule has 3 aliphatic rings. The predicted molar refractivity (Wildman–Crippen MR) is 261 cm³/mol. The third kappa shape index (κ3) is 6.26. The van der Waals surface area contributed by atoms with Crippen molar-refractivity contribution in [3.05, 3.63) is 194 Å². The maximum atomic E-state index is 6.86. The third-order valence-electron chi connectivity index (χ3n) is 11.7. The van der Waals surface area contributed by atoms with Gasteiger partial charge in [-0.3, -0.25) is 0 Å². The average molecular weight is 883 g/mol. The van der Waals surface area contributed by atoms with Gasteiger partial charge in [0.2, 0.25) is 0 Å². The van der Waals surface area contributed by atoms with Crippen molar-refractivity contribution < 1.29 is 18.9 Å². The van der Waals surface area contributed by atoms with Crippen molar-refractivity contribution in [2.24, 2.45) is 0 Å². The number of aryl methyl sites for hydroxylation is 1. The van der Waals surface area contributed by atoms with Gasteiger partial charge in [0, 0.05) is 57.2 Å². The fourth-order valence-electron chi connectivity index (χ4n) is 8.66. The van der Waals surface area contributed by atoms with Crippen LogP contribution in [0.3, 0.4) is 0 Å². The molecule has 3 aliphatic heterocycles. The molecular formula is C55H34N2O4S3. The summed E-state index contributed by atoms with van der Waals surface area (Å²) < 4.78 is 28.8. The van der Waals surface area contributed by atoms with Crippen molar-refractivity contribution in [2.75, 3.05) is 9.80 Å². The molecular weight excluding hydrogens is 849 g/mol. The molecule has 306 valence electrons. The molecule has 0 bridgehead atoms. The zero-order valence-electron chi connectivity index (χ0n) is 34.2.